The average Bonchev–Trinajstić information content (AvgIpc) is 2.97. The van der Waals surface area contributed by atoms with Gasteiger partial charge in [0.05, 0.1) is 12.1 Å². The van der Waals surface area contributed by atoms with E-state index in [0.29, 0.717) is 18.0 Å². The minimum atomic E-state index is 0.0787. The van der Waals surface area contributed by atoms with E-state index in [1.807, 2.05) is 22.9 Å². The molecule has 108 valence electrons. The van der Waals surface area contributed by atoms with Crippen molar-refractivity contribution >= 4 is 6.03 Å². The molecule has 2 bridgehead atoms. The molecular formula is C14H20N4O2. The van der Waals surface area contributed by atoms with Gasteiger partial charge in [0.2, 0.25) is 0 Å². The van der Waals surface area contributed by atoms with E-state index < -0.39 is 0 Å². The molecule has 1 aliphatic carbocycles. The van der Waals surface area contributed by atoms with Gasteiger partial charge in [-0.15, -0.1) is 0 Å². The van der Waals surface area contributed by atoms with Gasteiger partial charge in [-0.2, -0.15) is 0 Å². The number of amides is 2. The van der Waals surface area contributed by atoms with Gasteiger partial charge in [-0.3, -0.25) is 0 Å². The monoisotopic (exact) mass is 276 g/mol. The van der Waals surface area contributed by atoms with Gasteiger partial charge in [-0.05, 0) is 25.7 Å². The standard InChI is InChI=1S/C14H20N4O2/c1-17-10-2-3-12(18(7-10)14(17)19)11-6-13(20-16-11)8-4-9(15)5-8/h6,8-10,12H,2-5,7,15H2,1H3/t8?,9?,10-,12+/m1/s1. The van der Waals surface area contributed by atoms with Gasteiger partial charge in [-0.1, -0.05) is 5.16 Å². The maximum absolute atomic E-state index is 12.2. The third-order valence-electron chi connectivity index (χ3n) is 5.12. The van der Waals surface area contributed by atoms with Crippen molar-refractivity contribution in [1.82, 2.24) is 15.0 Å². The topological polar surface area (TPSA) is 75.6 Å². The van der Waals surface area contributed by atoms with Gasteiger partial charge in [-0.25, -0.2) is 4.79 Å². The molecule has 3 fully saturated rings. The molecule has 2 saturated heterocycles. The molecule has 20 heavy (non-hydrogen) atoms. The summed E-state index contributed by atoms with van der Waals surface area (Å²) in [5.41, 5.74) is 6.72. The molecule has 2 amide bonds. The molecule has 1 saturated carbocycles. The Balaban J connectivity index is 1.54. The van der Waals surface area contributed by atoms with Crippen LogP contribution in [0, 0.1) is 0 Å². The van der Waals surface area contributed by atoms with Gasteiger partial charge in [0.1, 0.15) is 11.5 Å². The van der Waals surface area contributed by atoms with Crippen LogP contribution in [0.1, 0.15) is 49.1 Å². The highest BCUT2D eigenvalue weighted by Crippen LogP contribution is 2.40. The summed E-state index contributed by atoms with van der Waals surface area (Å²) in [7, 11) is 1.89. The highest BCUT2D eigenvalue weighted by Gasteiger charge is 2.44. The molecule has 2 atom stereocenters. The van der Waals surface area contributed by atoms with E-state index in [9.17, 15) is 4.79 Å². The Morgan fingerprint density at radius 2 is 2.20 bits per heavy atom. The first-order valence-electron chi connectivity index (χ1n) is 7.39. The fourth-order valence-corrected chi connectivity index (χ4v) is 3.69. The number of fused-ring (bicyclic) bond motifs is 2. The second kappa shape index (κ2) is 4.22. The quantitative estimate of drug-likeness (QED) is 0.887. The summed E-state index contributed by atoms with van der Waals surface area (Å²) in [5, 5.41) is 4.22. The molecular weight excluding hydrogens is 256 g/mol. The molecule has 4 rings (SSSR count). The predicted octanol–water partition coefficient (Wildman–Crippen LogP) is 1.45. The molecule has 2 N–H and O–H groups in total. The van der Waals surface area contributed by atoms with Crippen LogP contribution in [0.5, 0.6) is 0 Å². The lowest BCUT2D eigenvalue weighted by atomic mass is 9.79. The maximum Gasteiger partial charge on any atom is 0.320 e. The number of likely N-dealkylation sites (N-methyl/N-ethyl adjacent to an activating group) is 1. The number of hydrogen-bond donors (Lipinski definition) is 1. The Morgan fingerprint density at radius 3 is 2.95 bits per heavy atom. The van der Waals surface area contributed by atoms with E-state index >= 15 is 0 Å². The number of carbonyl (C=O) groups is 1. The summed E-state index contributed by atoms with van der Waals surface area (Å²) in [6.45, 7) is 0.816. The summed E-state index contributed by atoms with van der Waals surface area (Å²) in [6.07, 6.45) is 3.97. The number of hydrogen-bond acceptors (Lipinski definition) is 4. The number of rotatable bonds is 2. The summed E-state index contributed by atoms with van der Waals surface area (Å²) in [6, 6.07) is 2.91. The van der Waals surface area contributed by atoms with Gasteiger partial charge >= 0.3 is 6.03 Å². The third-order valence-corrected chi connectivity index (χ3v) is 5.12. The van der Waals surface area contributed by atoms with E-state index in [1.54, 1.807) is 0 Å². The minimum absolute atomic E-state index is 0.0787. The van der Waals surface area contributed by atoms with Crippen LogP contribution in [0.3, 0.4) is 0 Å². The van der Waals surface area contributed by atoms with Gasteiger partial charge < -0.3 is 20.1 Å². The predicted molar refractivity (Wildman–Crippen MR) is 72.1 cm³/mol. The van der Waals surface area contributed by atoms with E-state index in [2.05, 4.69) is 5.16 Å². The van der Waals surface area contributed by atoms with Crippen molar-refractivity contribution in [3.63, 3.8) is 0 Å². The van der Waals surface area contributed by atoms with Crippen molar-refractivity contribution in [3.05, 3.63) is 17.5 Å². The molecule has 3 heterocycles. The minimum Gasteiger partial charge on any atom is -0.361 e. The summed E-state index contributed by atoms with van der Waals surface area (Å²) >= 11 is 0. The fraction of sp³-hybridized carbons (Fsp3) is 0.714. The average molecular weight is 276 g/mol. The molecule has 0 unspecified atom stereocenters. The lowest BCUT2D eigenvalue weighted by Crippen LogP contribution is -2.35. The van der Waals surface area contributed by atoms with Crippen molar-refractivity contribution in [2.75, 3.05) is 13.6 Å². The normalized spacial score (nSPS) is 36.4. The Kier molecular flexibility index (Phi) is 2.57. The third kappa shape index (κ3) is 1.67. The zero-order valence-electron chi connectivity index (χ0n) is 11.7. The first-order valence-corrected chi connectivity index (χ1v) is 7.39. The fourth-order valence-electron chi connectivity index (χ4n) is 3.69. The summed E-state index contributed by atoms with van der Waals surface area (Å²) in [4.78, 5) is 16.0. The smallest absolute Gasteiger partial charge is 0.320 e. The largest absolute Gasteiger partial charge is 0.361 e. The Bertz CT molecular complexity index is 537. The first-order chi connectivity index (χ1) is 9.63. The van der Waals surface area contributed by atoms with Crippen LogP contribution in [0.25, 0.3) is 0 Å². The number of aromatic nitrogens is 1. The van der Waals surface area contributed by atoms with Crippen molar-refractivity contribution in [3.8, 4) is 0 Å². The highest BCUT2D eigenvalue weighted by atomic mass is 16.5. The van der Waals surface area contributed by atoms with E-state index in [1.165, 1.54) is 0 Å². The van der Waals surface area contributed by atoms with Crippen LogP contribution >= 0.6 is 0 Å². The van der Waals surface area contributed by atoms with Crippen LogP contribution < -0.4 is 5.73 Å². The van der Waals surface area contributed by atoms with Crippen LogP contribution in [-0.4, -0.2) is 46.7 Å². The molecule has 3 aliphatic rings. The second-order valence-electron chi connectivity index (χ2n) is 6.38. The molecule has 1 aromatic heterocycles. The van der Waals surface area contributed by atoms with Gasteiger partial charge in [0.25, 0.3) is 0 Å². The second-order valence-corrected chi connectivity index (χ2v) is 6.38. The molecule has 6 heteroatoms. The van der Waals surface area contributed by atoms with Crippen LogP contribution in [0.2, 0.25) is 0 Å². The van der Waals surface area contributed by atoms with E-state index in [0.717, 1.165) is 43.7 Å². The molecule has 6 nitrogen and oxygen atoms in total. The van der Waals surface area contributed by atoms with Crippen LogP contribution in [0.4, 0.5) is 4.79 Å². The van der Waals surface area contributed by atoms with E-state index in [4.69, 9.17) is 10.3 Å². The lowest BCUT2D eigenvalue weighted by Gasteiger charge is -2.30. The number of nitrogens with zero attached hydrogens (tertiary/aromatic N) is 3. The van der Waals surface area contributed by atoms with Crippen molar-refractivity contribution in [1.29, 1.82) is 0 Å². The van der Waals surface area contributed by atoms with Crippen molar-refractivity contribution < 1.29 is 9.32 Å². The van der Waals surface area contributed by atoms with E-state index in [-0.39, 0.29) is 12.1 Å². The molecule has 2 aliphatic heterocycles. The summed E-state index contributed by atoms with van der Waals surface area (Å²) < 4.78 is 5.48. The van der Waals surface area contributed by atoms with Crippen LogP contribution in [0.15, 0.2) is 10.6 Å². The van der Waals surface area contributed by atoms with Crippen molar-refractivity contribution in [2.45, 2.75) is 49.7 Å². The van der Waals surface area contributed by atoms with Gasteiger partial charge in [0.15, 0.2) is 0 Å². The Morgan fingerprint density at radius 1 is 1.40 bits per heavy atom. The van der Waals surface area contributed by atoms with Crippen molar-refractivity contribution in [2.24, 2.45) is 5.73 Å². The Hall–Kier alpha value is -1.56. The van der Waals surface area contributed by atoms with Crippen LogP contribution in [-0.2, 0) is 0 Å². The number of urea groups is 1. The van der Waals surface area contributed by atoms with Gasteiger partial charge in [0, 0.05) is 31.6 Å². The number of carbonyl (C=O) groups excluding carboxylic acids is 1. The number of nitrogens with two attached hydrogens (primary N) is 1. The molecule has 0 radical (unpaired) electrons. The Labute approximate surface area is 117 Å². The zero-order valence-corrected chi connectivity index (χ0v) is 11.7. The lowest BCUT2D eigenvalue weighted by molar-refractivity contribution is 0.177. The first kappa shape index (κ1) is 12.2. The SMILES string of the molecule is CN1C(=O)N2C[C@H]1CC[C@H]2c1cc(C2CC(N)C2)on1. The zero-order chi connectivity index (χ0) is 13.9. The number of piperidine rings is 1. The maximum atomic E-state index is 12.2. The highest BCUT2D eigenvalue weighted by molar-refractivity contribution is 5.77. The summed E-state index contributed by atoms with van der Waals surface area (Å²) in [5.74, 6) is 1.35. The molecule has 1 aromatic rings. The molecule has 0 spiro atoms. The molecule has 0 aromatic carbocycles.